The predicted molar refractivity (Wildman–Crippen MR) is 113 cm³/mol. The molecule has 0 atom stereocenters. The normalized spacial score (nSPS) is 18.7. The van der Waals surface area contributed by atoms with Crippen molar-refractivity contribution in [2.24, 2.45) is 0 Å². The van der Waals surface area contributed by atoms with Crippen LogP contribution in [0.1, 0.15) is 31.7 Å². The molecule has 3 rings (SSSR count). The summed E-state index contributed by atoms with van der Waals surface area (Å²) in [4.78, 5) is 16.4. The van der Waals surface area contributed by atoms with Crippen molar-refractivity contribution in [3.63, 3.8) is 0 Å². The Hall–Kier alpha value is -1.64. The van der Waals surface area contributed by atoms with Crippen LogP contribution in [-0.4, -0.2) is 86.1 Å². The van der Waals surface area contributed by atoms with E-state index in [0.29, 0.717) is 25.4 Å². The number of likely N-dealkylation sites (tertiary alicyclic amines) is 2. The van der Waals surface area contributed by atoms with Crippen LogP contribution in [0.15, 0.2) is 24.3 Å². The first-order valence-corrected chi connectivity index (χ1v) is 12.2. The van der Waals surface area contributed by atoms with Gasteiger partial charge in [0.2, 0.25) is 10.0 Å². The lowest BCUT2D eigenvalue weighted by Gasteiger charge is -2.45. The van der Waals surface area contributed by atoms with Gasteiger partial charge in [-0.2, -0.15) is 4.31 Å². The number of piperidine rings is 1. The van der Waals surface area contributed by atoms with Gasteiger partial charge in [-0.3, -0.25) is 4.79 Å². The fourth-order valence-electron chi connectivity index (χ4n) is 3.92. The van der Waals surface area contributed by atoms with Crippen molar-refractivity contribution in [2.75, 3.05) is 51.6 Å². The summed E-state index contributed by atoms with van der Waals surface area (Å²) in [6.45, 7) is 7.87. The number of benzene rings is 1. The zero-order valence-electron chi connectivity index (χ0n) is 17.5. The largest absolute Gasteiger partial charge is 0.484 e. The van der Waals surface area contributed by atoms with E-state index >= 15 is 0 Å². The molecule has 2 aliphatic rings. The first kappa shape index (κ1) is 22.1. The fourth-order valence-corrected chi connectivity index (χ4v) is 5.20. The Morgan fingerprint density at radius 2 is 1.93 bits per heavy atom. The van der Waals surface area contributed by atoms with E-state index in [0.717, 1.165) is 25.2 Å². The standard InChI is InChI=1S/C21H33N3O4S/c1-3-29(26,27)24(13-12-22-10-5-4-6-11-22)19-15-23(16-19)21(25)17-28-20-9-7-8-18(2)14-20/h7-9,14,19H,3-6,10-13,15-17H2,1-2H3. The lowest BCUT2D eigenvalue weighted by Crippen LogP contribution is -2.63. The quantitative estimate of drug-likeness (QED) is 0.605. The fraction of sp³-hybridized carbons (Fsp3) is 0.667. The second-order valence-corrected chi connectivity index (χ2v) is 10.2. The number of sulfonamides is 1. The molecule has 7 nitrogen and oxygen atoms in total. The van der Waals surface area contributed by atoms with Crippen LogP contribution in [-0.2, 0) is 14.8 Å². The van der Waals surface area contributed by atoms with Crippen molar-refractivity contribution < 1.29 is 17.9 Å². The number of ether oxygens (including phenoxy) is 1. The third-order valence-electron chi connectivity index (χ3n) is 5.78. The maximum Gasteiger partial charge on any atom is 0.260 e. The minimum atomic E-state index is -3.29. The van der Waals surface area contributed by atoms with E-state index < -0.39 is 10.0 Å². The summed E-state index contributed by atoms with van der Waals surface area (Å²) in [6.07, 6.45) is 3.64. The molecule has 1 aromatic rings. The Morgan fingerprint density at radius 3 is 2.59 bits per heavy atom. The van der Waals surface area contributed by atoms with Gasteiger partial charge in [0, 0.05) is 26.2 Å². The van der Waals surface area contributed by atoms with Crippen molar-refractivity contribution in [1.29, 1.82) is 0 Å². The average Bonchev–Trinajstić information content (AvgIpc) is 2.68. The zero-order chi connectivity index (χ0) is 20.9. The minimum absolute atomic E-state index is 0.0233. The number of carbonyl (C=O) groups excluding carboxylic acids is 1. The highest BCUT2D eigenvalue weighted by molar-refractivity contribution is 7.89. The Kier molecular flexibility index (Phi) is 7.54. The molecule has 162 valence electrons. The molecule has 0 spiro atoms. The molecule has 2 heterocycles. The second-order valence-electron chi connectivity index (χ2n) is 7.97. The van der Waals surface area contributed by atoms with Crippen LogP contribution in [0.4, 0.5) is 0 Å². The van der Waals surface area contributed by atoms with Crippen molar-refractivity contribution in [2.45, 2.75) is 39.2 Å². The topological polar surface area (TPSA) is 70.2 Å². The Bertz CT molecular complexity index is 787. The summed E-state index contributed by atoms with van der Waals surface area (Å²) in [5.41, 5.74) is 1.08. The summed E-state index contributed by atoms with van der Waals surface area (Å²) in [5, 5.41) is 0. The molecule has 2 aliphatic heterocycles. The van der Waals surface area contributed by atoms with Gasteiger partial charge in [0.15, 0.2) is 6.61 Å². The first-order valence-electron chi connectivity index (χ1n) is 10.6. The van der Waals surface area contributed by atoms with Crippen LogP contribution in [0.5, 0.6) is 5.75 Å². The summed E-state index contributed by atoms with van der Waals surface area (Å²) in [5.74, 6) is 0.660. The second kappa shape index (κ2) is 9.91. The monoisotopic (exact) mass is 423 g/mol. The van der Waals surface area contributed by atoms with Crippen molar-refractivity contribution in [3.8, 4) is 5.75 Å². The molecule has 29 heavy (non-hydrogen) atoms. The minimum Gasteiger partial charge on any atom is -0.484 e. The Labute approximate surface area is 174 Å². The van der Waals surface area contributed by atoms with E-state index in [-0.39, 0.29) is 24.3 Å². The van der Waals surface area contributed by atoms with Gasteiger partial charge in [0.25, 0.3) is 5.91 Å². The van der Waals surface area contributed by atoms with E-state index in [9.17, 15) is 13.2 Å². The smallest absolute Gasteiger partial charge is 0.260 e. The molecule has 0 radical (unpaired) electrons. The highest BCUT2D eigenvalue weighted by Crippen LogP contribution is 2.20. The van der Waals surface area contributed by atoms with Crippen LogP contribution in [0, 0.1) is 6.92 Å². The summed E-state index contributed by atoms with van der Waals surface area (Å²) in [7, 11) is -3.29. The van der Waals surface area contributed by atoms with Crippen LogP contribution in [0.25, 0.3) is 0 Å². The van der Waals surface area contributed by atoms with Crippen molar-refractivity contribution in [3.05, 3.63) is 29.8 Å². The van der Waals surface area contributed by atoms with Crippen molar-refractivity contribution in [1.82, 2.24) is 14.1 Å². The number of nitrogens with zero attached hydrogens (tertiary/aromatic N) is 3. The molecule has 2 fully saturated rings. The molecule has 1 amide bonds. The van der Waals surface area contributed by atoms with Gasteiger partial charge in [-0.05, 0) is 57.5 Å². The van der Waals surface area contributed by atoms with Gasteiger partial charge in [-0.15, -0.1) is 0 Å². The van der Waals surface area contributed by atoms with Crippen LogP contribution >= 0.6 is 0 Å². The van der Waals surface area contributed by atoms with Crippen molar-refractivity contribution >= 4 is 15.9 Å². The maximum atomic E-state index is 12.6. The highest BCUT2D eigenvalue weighted by Gasteiger charge is 2.39. The average molecular weight is 424 g/mol. The van der Waals surface area contributed by atoms with E-state index in [2.05, 4.69) is 4.90 Å². The number of carbonyl (C=O) groups is 1. The third-order valence-corrected chi connectivity index (χ3v) is 7.71. The van der Waals surface area contributed by atoms with Gasteiger partial charge in [0.1, 0.15) is 5.75 Å². The SMILES string of the molecule is CCS(=O)(=O)N(CCN1CCCCC1)C1CN(C(=O)COc2cccc(C)c2)C1. The molecule has 0 aromatic heterocycles. The van der Waals surface area contributed by atoms with Gasteiger partial charge >= 0.3 is 0 Å². The predicted octanol–water partition coefficient (Wildman–Crippen LogP) is 1.72. The molecular weight excluding hydrogens is 390 g/mol. The van der Waals surface area contributed by atoms with E-state index in [1.54, 1.807) is 16.1 Å². The number of hydrogen-bond donors (Lipinski definition) is 0. The highest BCUT2D eigenvalue weighted by atomic mass is 32.2. The number of rotatable bonds is 9. The molecule has 0 aliphatic carbocycles. The van der Waals surface area contributed by atoms with Crippen LogP contribution in [0.2, 0.25) is 0 Å². The molecular formula is C21H33N3O4S. The molecule has 0 saturated carbocycles. The Balaban J connectivity index is 1.50. The summed E-state index contributed by atoms with van der Waals surface area (Å²) in [6, 6.07) is 7.46. The van der Waals surface area contributed by atoms with Gasteiger partial charge in [-0.1, -0.05) is 18.6 Å². The van der Waals surface area contributed by atoms with E-state index in [4.69, 9.17) is 4.74 Å². The van der Waals surface area contributed by atoms with Gasteiger partial charge in [0.05, 0.1) is 11.8 Å². The van der Waals surface area contributed by atoms with E-state index in [1.807, 2.05) is 31.2 Å². The van der Waals surface area contributed by atoms with Gasteiger partial charge in [-0.25, -0.2) is 8.42 Å². The maximum absolute atomic E-state index is 12.6. The lowest BCUT2D eigenvalue weighted by molar-refractivity contribution is -0.139. The lowest BCUT2D eigenvalue weighted by atomic mass is 10.1. The van der Waals surface area contributed by atoms with Crippen LogP contribution < -0.4 is 4.74 Å². The summed E-state index contributed by atoms with van der Waals surface area (Å²) < 4.78 is 32.4. The number of hydrogen-bond acceptors (Lipinski definition) is 5. The number of amides is 1. The molecule has 1 aromatic carbocycles. The van der Waals surface area contributed by atoms with Gasteiger partial charge < -0.3 is 14.5 Å². The molecule has 0 unspecified atom stereocenters. The Morgan fingerprint density at radius 1 is 1.21 bits per heavy atom. The molecule has 8 heteroatoms. The van der Waals surface area contributed by atoms with E-state index in [1.165, 1.54) is 19.3 Å². The molecule has 2 saturated heterocycles. The van der Waals surface area contributed by atoms with Crippen LogP contribution in [0.3, 0.4) is 0 Å². The zero-order valence-corrected chi connectivity index (χ0v) is 18.4. The third kappa shape index (κ3) is 5.93. The summed E-state index contributed by atoms with van der Waals surface area (Å²) >= 11 is 0. The molecule has 0 N–H and O–H groups in total. The first-order chi connectivity index (χ1) is 13.9. The molecule has 0 bridgehead atoms. The number of aryl methyl sites for hydroxylation is 1.